The third kappa shape index (κ3) is 3.31. The van der Waals surface area contributed by atoms with Crippen LogP contribution in [0, 0.1) is 0 Å². The Bertz CT molecular complexity index is 535. The summed E-state index contributed by atoms with van der Waals surface area (Å²) < 4.78 is 0. The zero-order valence-corrected chi connectivity index (χ0v) is 10.1. The first-order valence-corrected chi connectivity index (χ1v) is 5.84. The van der Waals surface area contributed by atoms with Gasteiger partial charge in [-0.3, -0.25) is 0 Å². The molecule has 0 atom stereocenters. The van der Waals surface area contributed by atoms with Crippen molar-refractivity contribution in [1.82, 2.24) is 9.97 Å². The summed E-state index contributed by atoms with van der Waals surface area (Å²) >= 11 is 0. The van der Waals surface area contributed by atoms with Crippen molar-refractivity contribution in [3.63, 3.8) is 0 Å². The molecule has 0 saturated carbocycles. The van der Waals surface area contributed by atoms with E-state index >= 15 is 0 Å². The van der Waals surface area contributed by atoms with E-state index in [2.05, 4.69) is 34.3 Å². The van der Waals surface area contributed by atoms with E-state index in [0.29, 0.717) is 5.82 Å². The zero-order chi connectivity index (χ0) is 12.8. The zero-order valence-electron chi connectivity index (χ0n) is 10.1. The predicted molar refractivity (Wildman–Crippen MR) is 74.7 cm³/mol. The maximum absolute atomic E-state index is 5.76. The number of nitrogens with zero attached hydrogens (tertiary/aromatic N) is 2. The van der Waals surface area contributed by atoms with Crippen molar-refractivity contribution in [3.8, 4) is 0 Å². The molecule has 0 bridgehead atoms. The van der Waals surface area contributed by atoms with Crippen LogP contribution in [0.2, 0.25) is 0 Å². The summed E-state index contributed by atoms with van der Waals surface area (Å²) in [6, 6.07) is 10.2. The molecular weight excluding hydrogens is 224 g/mol. The molecule has 1 aromatic heterocycles. The molecule has 0 fully saturated rings. The number of hydrogen-bond donors (Lipinski definition) is 2. The molecule has 2 rings (SSSR count). The SMILES string of the molecule is Nc1ncc(CCC=Cc2ccccc2)c(N)n1. The summed E-state index contributed by atoms with van der Waals surface area (Å²) in [4.78, 5) is 7.87. The van der Waals surface area contributed by atoms with Crippen molar-refractivity contribution in [1.29, 1.82) is 0 Å². The van der Waals surface area contributed by atoms with E-state index in [9.17, 15) is 0 Å². The van der Waals surface area contributed by atoms with Gasteiger partial charge < -0.3 is 11.5 Å². The van der Waals surface area contributed by atoms with Gasteiger partial charge in [0.25, 0.3) is 0 Å². The molecule has 4 N–H and O–H groups in total. The lowest BCUT2D eigenvalue weighted by atomic mass is 10.1. The standard InChI is InChI=1S/C14H16N4/c15-13-12(10-17-14(16)18-13)9-5-4-8-11-6-2-1-3-7-11/h1-4,6-8,10H,5,9H2,(H4,15,16,17,18). The maximum Gasteiger partial charge on any atom is 0.221 e. The summed E-state index contributed by atoms with van der Waals surface area (Å²) in [6.07, 6.45) is 7.61. The Morgan fingerprint density at radius 1 is 1.11 bits per heavy atom. The van der Waals surface area contributed by atoms with Gasteiger partial charge >= 0.3 is 0 Å². The molecule has 92 valence electrons. The monoisotopic (exact) mass is 240 g/mol. The molecule has 0 unspecified atom stereocenters. The van der Waals surface area contributed by atoms with Crippen LogP contribution in [-0.2, 0) is 6.42 Å². The Balaban J connectivity index is 1.91. The van der Waals surface area contributed by atoms with E-state index in [1.165, 1.54) is 5.56 Å². The normalized spacial score (nSPS) is 10.9. The van der Waals surface area contributed by atoms with Crippen LogP contribution in [0.5, 0.6) is 0 Å². The van der Waals surface area contributed by atoms with Crippen molar-refractivity contribution < 1.29 is 0 Å². The Labute approximate surface area is 106 Å². The Hall–Kier alpha value is -2.36. The number of rotatable bonds is 4. The molecule has 1 aromatic carbocycles. The smallest absolute Gasteiger partial charge is 0.221 e. The van der Waals surface area contributed by atoms with Crippen molar-refractivity contribution in [3.05, 3.63) is 53.7 Å². The molecule has 0 aliphatic heterocycles. The number of nitrogen functional groups attached to an aromatic ring is 2. The molecule has 1 heterocycles. The summed E-state index contributed by atoms with van der Waals surface area (Å²) in [5.74, 6) is 0.687. The van der Waals surface area contributed by atoms with E-state index in [0.717, 1.165) is 18.4 Å². The number of benzene rings is 1. The summed E-state index contributed by atoms with van der Waals surface area (Å²) in [7, 11) is 0. The van der Waals surface area contributed by atoms with E-state index in [-0.39, 0.29) is 5.95 Å². The van der Waals surface area contributed by atoms with Crippen LogP contribution >= 0.6 is 0 Å². The lowest BCUT2D eigenvalue weighted by Gasteiger charge is -2.02. The summed E-state index contributed by atoms with van der Waals surface area (Å²) in [5, 5.41) is 0. The minimum atomic E-state index is 0.219. The van der Waals surface area contributed by atoms with Gasteiger partial charge in [0.1, 0.15) is 5.82 Å². The number of aryl methyl sites for hydroxylation is 1. The van der Waals surface area contributed by atoms with Gasteiger partial charge in [-0.1, -0.05) is 42.5 Å². The fraction of sp³-hybridized carbons (Fsp3) is 0.143. The van der Waals surface area contributed by atoms with E-state index in [1.807, 2.05) is 18.2 Å². The fourth-order valence-corrected chi connectivity index (χ4v) is 1.65. The average molecular weight is 240 g/mol. The molecule has 0 aliphatic carbocycles. The molecule has 4 nitrogen and oxygen atoms in total. The third-order valence-electron chi connectivity index (χ3n) is 2.61. The lowest BCUT2D eigenvalue weighted by molar-refractivity contribution is 0.977. The highest BCUT2D eigenvalue weighted by Gasteiger charge is 2.00. The Morgan fingerprint density at radius 2 is 1.89 bits per heavy atom. The number of allylic oxidation sites excluding steroid dienone is 1. The van der Waals surface area contributed by atoms with E-state index in [1.54, 1.807) is 6.20 Å². The second kappa shape index (κ2) is 5.82. The summed E-state index contributed by atoms with van der Waals surface area (Å²) in [5.41, 5.74) is 13.3. The van der Waals surface area contributed by atoms with Crippen molar-refractivity contribution in [2.75, 3.05) is 11.5 Å². The van der Waals surface area contributed by atoms with Gasteiger partial charge in [-0.15, -0.1) is 0 Å². The van der Waals surface area contributed by atoms with Gasteiger partial charge in [0.2, 0.25) is 5.95 Å². The maximum atomic E-state index is 5.76. The molecule has 2 aromatic rings. The Morgan fingerprint density at radius 3 is 2.61 bits per heavy atom. The number of aromatic nitrogens is 2. The van der Waals surface area contributed by atoms with Gasteiger partial charge in [0.15, 0.2) is 0 Å². The molecule has 0 aliphatic rings. The molecule has 0 radical (unpaired) electrons. The number of anilines is 2. The van der Waals surface area contributed by atoms with Crippen LogP contribution in [0.15, 0.2) is 42.6 Å². The van der Waals surface area contributed by atoms with Gasteiger partial charge in [-0.25, -0.2) is 4.98 Å². The molecule has 0 amide bonds. The van der Waals surface area contributed by atoms with Gasteiger partial charge in [-0.2, -0.15) is 4.98 Å². The highest BCUT2D eigenvalue weighted by molar-refractivity contribution is 5.49. The van der Waals surface area contributed by atoms with E-state index in [4.69, 9.17) is 11.5 Å². The second-order valence-corrected chi connectivity index (χ2v) is 3.99. The number of hydrogen-bond acceptors (Lipinski definition) is 4. The molecule has 0 spiro atoms. The van der Waals surface area contributed by atoms with Crippen molar-refractivity contribution >= 4 is 17.8 Å². The van der Waals surface area contributed by atoms with E-state index < -0.39 is 0 Å². The first-order valence-electron chi connectivity index (χ1n) is 5.84. The highest BCUT2D eigenvalue weighted by atomic mass is 15.0. The molecule has 18 heavy (non-hydrogen) atoms. The minimum absolute atomic E-state index is 0.219. The summed E-state index contributed by atoms with van der Waals surface area (Å²) in [6.45, 7) is 0. The van der Waals surface area contributed by atoms with Gasteiger partial charge in [0.05, 0.1) is 0 Å². The highest BCUT2D eigenvalue weighted by Crippen LogP contribution is 2.11. The van der Waals surface area contributed by atoms with Crippen LogP contribution in [0.3, 0.4) is 0 Å². The number of nitrogens with two attached hydrogens (primary N) is 2. The van der Waals surface area contributed by atoms with Crippen LogP contribution in [0.1, 0.15) is 17.5 Å². The van der Waals surface area contributed by atoms with Crippen LogP contribution in [0.25, 0.3) is 6.08 Å². The van der Waals surface area contributed by atoms with Crippen LogP contribution in [-0.4, -0.2) is 9.97 Å². The quantitative estimate of drug-likeness (QED) is 0.859. The lowest BCUT2D eigenvalue weighted by Crippen LogP contribution is -2.03. The molecular formula is C14H16N4. The average Bonchev–Trinajstić information content (AvgIpc) is 2.38. The first kappa shape index (κ1) is 12.1. The van der Waals surface area contributed by atoms with Crippen LogP contribution < -0.4 is 11.5 Å². The predicted octanol–water partition coefficient (Wildman–Crippen LogP) is 2.29. The largest absolute Gasteiger partial charge is 0.383 e. The van der Waals surface area contributed by atoms with Crippen LogP contribution in [0.4, 0.5) is 11.8 Å². The van der Waals surface area contributed by atoms with Gasteiger partial charge in [-0.05, 0) is 18.4 Å². The first-order chi connectivity index (χ1) is 8.75. The van der Waals surface area contributed by atoms with Crippen molar-refractivity contribution in [2.45, 2.75) is 12.8 Å². The second-order valence-electron chi connectivity index (χ2n) is 3.99. The Kier molecular flexibility index (Phi) is 3.91. The molecule has 0 saturated heterocycles. The van der Waals surface area contributed by atoms with Crippen molar-refractivity contribution in [2.24, 2.45) is 0 Å². The molecule has 4 heteroatoms. The topological polar surface area (TPSA) is 77.8 Å². The fourth-order valence-electron chi connectivity index (χ4n) is 1.65. The van der Waals surface area contributed by atoms with Gasteiger partial charge in [0, 0.05) is 11.8 Å². The third-order valence-corrected chi connectivity index (χ3v) is 2.61. The minimum Gasteiger partial charge on any atom is -0.383 e.